The predicted octanol–water partition coefficient (Wildman–Crippen LogP) is 2.64. The van der Waals surface area contributed by atoms with Gasteiger partial charge in [0.05, 0.1) is 5.37 Å². The second kappa shape index (κ2) is 3.43. The molecule has 1 saturated heterocycles. The normalized spacial score (nSPS) is 30.7. The number of thioether (sulfide) groups is 1. The Morgan fingerprint density at radius 2 is 2.17 bits per heavy atom. The summed E-state index contributed by atoms with van der Waals surface area (Å²) >= 11 is 2.03. The molecule has 1 N–H and O–H groups in total. The van der Waals surface area contributed by atoms with Gasteiger partial charge in [-0.2, -0.15) is 0 Å². The van der Waals surface area contributed by atoms with E-state index in [1.54, 1.807) is 0 Å². The van der Waals surface area contributed by atoms with Gasteiger partial charge < -0.3 is 5.32 Å². The largest absolute Gasteiger partial charge is 0.304 e. The lowest BCUT2D eigenvalue weighted by Gasteiger charge is -2.31. The van der Waals surface area contributed by atoms with Crippen LogP contribution in [0.3, 0.4) is 0 Å². The van der Waals surface area contributed by atoms with E-state index < -0.39 is 0 Å². The summed E-state index contributed by atoms with van der Waals surface area (Å²) in [5, 5.41) is 4.82. The van der Waals surface area contributed by atoms with Crippen molar-refractivity contribution in [2.45, 2.75) is 38.3 Å². The summed E-state index contributed by atoms with van der Waals surface area (Å²) in [6.45, 7) is 14.1. The molecule has 0 saturated carbocycles. The smallest absolute Gasteiger partial charge is 0.0624 e. The van der Waals surface area contributed by atoms with Gasteiger partial charge >= 0.3 is 0 Å². The first-order valence-electron chi connectivity index (χ1n) is 4.49. The molecule has 1 fully saturated rings. The number of nitrogens with one attached hydrogen (secondary N) is 1. The third-order valence-corrected chi connectivity index (χ3v) is 4.37. The highest BCUT2D eigenvalue weighted by molar-refractivity contribution is 8.00. The van der Waals surface area contributed by atoms with E-state index in [0.717, 1.165) is 11.8 Å². The summed E-state index contributed by atoms with van der Waals surface area (Å²) in [7, 11) is 0. The molecule has 0 amide bonds. The summed E-state index contributed by atoms with van der Waals surface area (Å²) in [5.74, 6) is 0. The third-order valence-electron chi connectivity index (χ3n) is 2.71. The van der Waals surface area contributed by atoms with Gasteiger partial charge in [0.15, 0.2) is 0 Å². The van der Waals surface area contributed by atoms with Gasteiger partial charge in [0.1, 0.15) is 0 Å². The fourth-order valence-corrected chi connectivity index (χ4v) is 2.64. The van der Waals surface area contributed by atoms with Gasteiger partial charge in [-0.1, -0.05) is 32.9 Å². The topological polar surface area (TPSA) is 12.0 Å². The lowest BCUT2D eigenvalue weighted by atomic mass is 9.86. The molecule has 0 aliphatic carbocycles. The summed E-state index contributed by atoms with van der Waals surface area (Å²) in [4.78, 5) is 0. The van der Waals surface area contributed by atoms with Gasteiger partial charge in [-0.3, -0.25) is 0 Å². The van der Waals surface area contributed by atoms with Crippen molar-refractivity contribution in [3.63, 3.8) is 0 Å². The van der Waals surface area contributed by atoms with E-state index in [9.17, 15) is 0 Å². The van der Waals surface area contributed by atoms with E-state index >= 15 is 0 Å². The molecule has 0 aromatic rings. The summed E-state index contributed by atoms with van der Waals surface area (Å²) < 4.78 is 0. The predicted molar refractivity (Wildman–Crippen MR) is 57.4 cm³/mol. The molecule has 0 aromatic heterocycles. The van der Waals surface area contributed by atoms with Crippen LogP contribution in [-0.4, -0.2) is 17.2 Å². The average molecular weight is 185 g/mol. The molecular formula is C10H19NS. The van der Waals surface area contributed by atoms with E-state index in [1.807, 2.05) is 11.8 Å². The molecule has 1 aliphatic heterocycles. The quantitative estimate of drug-likeness (QED) is 0.664. The highest BCUT2D eigenvalue weighted by Gasteiger charge is 2.35. The minimum absolute atomic E-state index is 0.218. The van der Waals surface area contributed by atoms with E-state index in [-0.39, 0.29) is 5.41 Å². The van der Waals surface area contributed by atoms with Crippen molar-refractivity contribution in [3.05, 3.63) is 12.2 Å². The lowest BCUT2D eigenvalue weighted by molar-refractivity contribution is 0.392. The molecule has 2 unspecified atom stereocenters. The highest BCUT2D eigenvalue weighted by Crippen LogP contribution is 2.39. The van der Waals surface area contributed by atoms with Crippen LogP contribution in [0.15, 0.2) is 12.2 Å². The third kappa shape index (κ3) is 1.86. The van der Waals surface area contributed by atoms with Crippen molar-refractivity contribution in [3.8, 4) is 0 Å². The number of hydrogen-bond acceptors (Lipinski definition) is 2. The summed E-state index contributed by atoms with van der Waals surface area (Å²) in [6, 6.07) is 0. The van der Waals surface area contributed by atoms with Crippen molar-refractivity contribution in [1.29, 1.82) is 0 Å². The van der Waals surface area contributed by atoms with Crippen LogP contribution < -0.4 is 5.32 Å². The summed E-state index contributed by atoms with van der Waals surface area (Å²) in [6.07, 6.45) is 0. The Morgan fingerprint density at radius 1 is 1.58 bits per heavy atom. The van der Waals surface area contributed by atoms with Crippen molar-refractivity contribution in [2.75, 3.05) is 6.54 Å². The van der Waals surface area contributed by atoms with Crippen molar-refractivity contribution in [1.82, 2.24) is 5.32 Å². The van der Waals surface area contributed by atoms with E-state index in [1.165, 1.54) is 5.57 Å². The van der Waals surface area contributed by atoms with Crippen LogP contribution in [0.2, 0.25) is 0 Å². The molecule has 0 spiro atoms. The molecule has 1 aliphatic rings. The minimum atomic E-state index is 0.218. The molecule has 1 heterocycles. The van der Waals surface area contributed by atoms with Gasteiger partial charge in [-0.25, -0.2) is 0 Å². The van der Waals surface area contributed by atoms with Crippen LogP contribution in [-0.2, 0) is 0 Å². The molecule has 0 bridgehead atoms. The zero-order chi connectivity index (χ0) is 9.35. The van der Waals surface area contributed by atoms with Crippen LogP contribution in [0.25, 0.3) is 0 Å². The zero-order valence-corrected chi connectivity index (χ0v) is 9.29. The molecule has 2 heteroatoms. The summed E-state index contributed by atoms with van der Waals surface area (Å²) in [5.41, 5.74) is 1.48. The number of hydrogen-bond donors (Lipinski definition) is 1. The van der Waals surface area contributed by atoms with E-state index in [2.05, 4.69) is 39.6 Å². The van der Waals surface area contributed by atoms with Crippen LogP contribution >= 0.6 is 11.8 Å². The fourth-order valence-electron chi connectivity index (χ4n) is 1.25. The van der Waals surface area contributed by atoms with Crippen molar-refractivity contribution < 1.29 is 0 Å². The maximum absolute atomic E-state index is 4.04. The maximum Gasteiger partial charge on any atom is 0.0624 e. The second-order valence-corrected chi connectivity index (χ2v) is 5.79. The fraction of sp³-hybridized carbons (Fsp3) is 0.800. The molecule has 1 rings (SSSR count). The van der Waals surface area contributed by atoms with Crippen molar-refractivity contribution >= 4 is 11.8 Å². The van der Waals surface area contributed by atoms with Gasteiger partial charge in [-0.05, 0) is 6.92 Å². The van der Waals surface area contributed by atoms with Gasteiger partial charge in [0.2, 0.25) is 0 Å². The lowest BCUT2D eigenvalue weighted by Crippen LogP contribution is -2.36. The molecular weight excluding hydrogens is 166 g/mol. The Kier molecular flexibility index (Phi) is 2.89. The monoisotopic (exact) mass is 185 g/mol. The Balaban J connectivity index is 2.63. The molecule has 70 valence electrons. The first-order valence-corrected chi connectivity index (χ1v) is 5.43. The van der Waals surface area contributed by atoms with Gasteiger partial charge in [0.25, 0.3) is 0 Å². The minimum Gasteiger partial charge on any atom is -0.304 e. The first-order chi connectivity index (χ1) is 5.44. The van der Waals surface area contributed by atoms with E-state index in [4.69, 9.17) is 0 Å². The Labute approximate surface area is 80.0 Å². The standard InChI is InChI=1S/C10H19NS/c1-7(2)10(4,5)9-11-6-8(3)12-9/h8-9,11H,1,6H2,2-5H3. The van der Waals surface area contributed by atoms with Crippen LogP contribution in [0, 0.1) is 5.41 Å². The van der Waals surface area contributed by atoms with Crippen LogP contribution in [0.4, 0.5) is 0 Å². The van der Waals surface area contributed by atoms with Crippen LogP contribution in [0.5, 0.6) is 0 Å². The van der Waals surface area contributed by atoms with Crippen LogP contribution in [0.1, 0.15) is 27.7 Å². The van der Waals surface area contributed by atoms with Gasteiger partial charge in [0, 0.05) is 17.2 Å². The SMILES string of the molecule is C=C(C)C(C)(C)C1NCC(C)S1. The Morgan fingerprint density at radius 3 is 2.50 bits per heavy atom. The maximum atomic E-state index is 4.04. The number of rotatable bonds is 2. The average Bonchev–Trinajstić information content (AvgIpc) is 2.35. The molecule has 1 nitrogen and oxygen atoms in total. The molecule has 0 radical (unpaired) electrons. The zero-order valence-electron chi connectivity index (χ0n) is 8.48. The molecule has 2 atom stereocenters. The highest BCUT2D eigenvalue weighted by atomic mass is 32.2. The molecule has 12 heavy (non-hydrogen) atoms. The van der Waals surface area contributed by atoms with E-state index in [0.29, 0.717) is 5.37 Å². The second-order valence-electron chi connectivity index (χ2n) is 4.24. The van der Waals surface area contributed by atoms with Gasteiger partial charge in [-0.15, -0.1) is 11.8 Å². The Bertz CT molecular complexity index is 186. The first kappa shape index (κ1) is 10.1. The van der Waals surface area contributed by atoms with Crippen molar-refractivity contribution in [2.24, 2.45) is 5.41 Å². The molecule has 0 aromatic carbocycles. The Hall–Kier alpha value is 0.0500.